The van der Waals surface area contributed by atoms with Crippen molar-refractivity contribution in [3.05, 3.63) is 130 Å². The molecule has 1 saturated carbocycles. The van der Waals surface area contributed by atoms with Gasteiger partial charge in [-0.25, -0.2) is 9.78 Å². The van der Waals surface area contributed by atoms with Crippen LogP contribution >= 0.6 is 23.1 Å². The van der Waals surface area contributed by atoms with Crippen LogP contribution in [0.4, 0.5) is 5.13 Å². The molecule has 7 rings (SSSR count). The van der Waals surface area contributed by atoms with Crippen LogP contribution in [-0.2, 0) is 39.0 Å². The topological polar surface area (TPSA) is 149 Å². The summed E-state index contributed by atoms with van der Waals surface area (Å²) in [5.41, 5.74) is 1.94. The molecular formula is C42H43N5O7S2. The Bertz CT molecular complexity index is 2050. The van der Waals surface area contributed by atoms with Gasteiger partial charge in [0.2, 0.25) is 0 Å². The van der Waals surface area contributed by atoms with Gasteiger partial charge in [-0.3, -0.25) is 19.3 Å². The molecule has 12 nitrogen and oxygen atoms in total. The van der Waals surface area contributed by atoms with Crippen LogP contribution in [0.2, 0.25) is 0 Å². The summed E-state index contributed by atoms with van der Waals surface area (Å²) in [5.74, 6) is -1.73. The van der Waals surface area contributed by atoms with Crippen molar-refractivity contribution in [2.75, 3.05) is 24.3 Å². The third-order valence-corrected chi connectivity index (χ3v) is 11.5. The summed E-state index contributed by atoms with van der Waals surface area (Å²) in [6.45, 7) is 6.64. The first-order valence-corrected chi connectivity index (χ1v) is 20.3. The number of thiazole rings is 1. The molecule has 0 bridgehead atoms. The maximum absolute atomic E-state index is 14.1. The average molecular weight is 794 g/mol. The molecule has 0 spiro atoms. The number of hydrogen-bond acceptors (Lipinski definition) is 12. The van der Waals surface area contributed by atoms with E-state index in [1.54, 1.807) is 26.2 Å². The minimum absolute atomic E-state index is 0.0241. The van der Waals surface area contributed by atoms with E-state index in [0.29, 0.717) is 23.2 Å². The number of benzene rings is 3. The predicted octanol–water partition coefficient (Wildman–Crippen LogP) is 6.24. The van der Waals surface area contributed by atoms with Gasteiger partial charge in [0.1, 0.15) is 47.2 Å². The molecule has 56 heavy (non-hydrogen) atoms. The lowest BCUT2D eigenvalue weighted by Gasteiger charge is -2.49. The molecule has 2 aliphatic heterocycles. The molecule has 2 atom stereocenters. The Morgan fingerprint density at radius 1 is 0.911 bits per heavy atom. The number of esters is 2. The third kappa shape index (κ3) is 8.36. The fourth-order valence-electron chi connectivity index (χ4n) is 6.59. The van der Waals surface area contributed by atoms with Gasteiger partial charge < -0.3 is 24.9 Å². The number of carbonyl (C=O) groups excluding carboxylic acids is 4. The number of nitrogens with zero attached hydrogens (tertiary/aromatic N) is 3. The summed E-state index contributed by atoms with van der Waals surface area (Å²) in [4.78, 5) is 64.9. The van der Waals surface area contributed by atoms with Crippen molar-refractivity contribution in [1.82, 2.24) is 15.2 Å². The summed E-state index contributed by atoms with van der Waals surface area (Å²) < 4.78 is 10.8. The first kappa shape index (κ1) is 38.8. The van der Waals surface area contributed by atoms with E-state index in [9.17, 15) is 19.2 Å². The van der Waals surface area contributed by atoms with Crippen molar-refractivity contribution in [3.63, 3.8) is 0 Å². The average Bonchev–Trinajstić information content (AvgIpc) is 3.91. The molecule has 1 aliphatic carbocycles. The van der Waals surface area contributed by atoms with Crippen molar-refractivity contribution in [1.29, 1.82) is 0 Å². The van der Waals surface area contributed by atoms with E-state index in [1.807, 2.05) is 54.6 Å². The number of aromatic nitrogens is 1. The number of amides is 2. The van der Waals surface area contributed by atoms with Gasteiger partial charge in [-0.2, -0.15) is 0 Å². The summed E-state index contributed by atoms with van der Waals surface area (Å²) in [6, 6.07) is 29.3. The van der Waals surface area contributed by atoms with E-state index in [-0.39, 0.29) is 29.5 Å². The molecule has 3 heterocycles. The highest BCUT2D eigenvalue weighted by Gasteiger charge is 2.55. The third-order valence-electron chi connectivity index (χ3n) is 9.42. The Balaban J connectivity index is 1.17. The molecule has 0 radical (unpaired) electrons. The van der Waals surface area contributed by atoms with Gasteiger partial charge in [-0.1, -0.05) is 96.2 Å². The number of carbonyl (C=O) groups is 4. The highest BCUT2D eigenvalue weighted by Crippen LogP contribution is 2.42. The second-order valence-corrected chi connectivity index (χ2v) is 16.7. The number of thioether (sulfide) groups is 1. The van der Waals surface area contributed by atoms with Crippen LogP contribution in [-0.4, -0.2) is 75.3 Å². The fraction of sp³-hybridized carbons (Fsp3) is 0.333. The lowest BCUT2D eigenvalue weighted by Crippen LogP contribution is -2.71. The fourth-order valence-corrected chi connectivity index (χ4v) is 8.66. The standard InChI is InChI=1S/C42H43N5O7S2/c1-26(48)52-23-28-24-55-38-34(37(50)47(38)35(28)39(51)54-41(2,3)4)44-36(49)33(46-53-22-27-20-21-27)32-25-56-40(43-32)45-42(29-14-8-5-9-15-29,30-16-10-6-11-17-30)31-18-12-7-13-19-31/h5-19,25,27,34,38H,20-24H2,1-4H3,(H,43,45)(H,44,49)/b46-33-/t34-,38-/m1/s1. The van der Waals surface area contributed by atoms with Crippen LogP contribution < -0.4 is 10.6 Å². The normalized spacial score (nSPS) is 18.4. The van der Waals surface area contributed by atoms with Crippen molar-refractivity contribution in [3.8, 4) is 0 Å². The Labute approximate surface area is 333 Å². The number of β-lactam (4-membered cyclic amide) rings is 1. The zero-order chi connectivity index (χ0) is 39.5. The minimum atomic E-state index is -0.980. The Hall–Kier alpha value is -5.47. The van der Waals surface area contributed by atoms with Gasteiger partial charge in [0.15, 0.2) is 10.8 Å². The van der Waals surface area contributed by atoms with Gasteiger partial charge in [-0.05, 0) is 56.2 Å². The summed E-state index contributed by atoms with van der Waals surface area (Å²) in [6.07, 6.45) is 2.06. The highest BCUT2D eigenvalue weighted by atomic mass is 32.2. The smallest absolute Gasteiger partial charge is 0.355 e. The molecule has 14 heteroatoms. The zero-order valence-electron chi connectivity index (χ0n) is 31.5. The van der Waals surface area contributed by atoms with E-state index in [0.717, 1.165) is 29.5 Å². The molecule has 1 saturated heterocycles. The maximum Gasteiger partial charge on any atom is 0.355 e. The van der Waals surface area contributed by atoms with Gasteiger partial charge in [0, 0.05) is 23.6 Å². The number of nitrogens with one attached hydrogen (secondary N) is 2. The lowest BCUT2D eigenvalue weighted by atomic mass is 9.77. The largest absolute Gasteiger partial charge is 0.461 e. The highest BCUT2D eigenvalue weighted by molar-refractivity contribution is 8.00. The Kier molecular flexibility index (Phi) is 11.3. The number of hydrogen-bond donors (Lipinski definition) is 2. The molecule has 3 aromatic carbocycles. The van der Waals surface area contributed by atoms with Crippen LogP contribution in [0.1, 0.15) is 62.9 Å². The van der Waals surface area contributed by atoms with Crippen LogP contribution in [0.3, 0.4) is 0 Å². The van der Waals surface area contributed by atoms with E-state index < -0.39 is 46.3 Å². The van der Waals surface area contributed by atoms with E-state index >= 15 is 0 Å². The molecule has 1 aromatic heterocycles. The van der Waals surface area contributed by atoms with E-state index in [1.165, 1.54) is 34.9 Å². The quantitative estimate of drug-likeness (QED) is 0.0495. The monoisotopic (exact) mass is 793 g/mol. The van der Waals surface area contributed by atoms with Crippen molar-refractivity contribution in [2.24, 2.45) is 11.1 Å². The summed E-state index contributed by atoms with van der Waals surface area (Å²) in [7, 11) is 0. The van der Waals surface area contributed by atoms with Crippen LogP contribution in [0.15, 0.2) is 113 Å². The van der Waals surface area contributed by atoms with E-state index in [4.69, 9.17) is 19.3 Å². The van der Waals surface area contributed by atoms with Gasteiger partial charge in [0.25, 0.3) is 11.8 Å². The molecular weight excluding hydrogens is 751 g/mol. The summed E-state index contributed by atoms with van der Waals surface area (Å²) >= 11 is 2.67. The van der Waals surface area contributed by atoms with Crippen molar-refractivity contribution in [2.45, 2.75) is 63.1 Å². The molecule has 2 N–H and O–H groups in total. The van der Waals surface area contributed by atoms with E-state index in [2.05, 4.69) is 52.2 Å². The van der Waals surface area contributed by atoms with Gasteiger partial charge >= 0.3 is 11.9 Å². The van der Waals surface area contributed by atoms with Crippen LogP contribution in [0.25, 0.3) is 0 Å². The molecule has 0 unspecified atom stereocenters. The molecule has 2 fully saturated rings. The molecule has 2 amide bonds. The number of fused-ring (bicyclic) bond motifs is 1. The number of ether oxygens (including phenoxy) is 2. The molecule has 3 aliphatic rings. The van der Waals surface area contributed by atoms with Crippen LogP contribution in [0, 0.1) is 5.92 Å². The number of anilines is 1. The minimum Gasteiger partial charge on any atom is -0.461 e. The van der Waals surface area contributed by atoms with Crippen molar-refractivity contribution < 1.29 is 33.5 Å². The first-order valence-electron chi connectivity index (χ1n) is 18.4. The first-order chi connectivity index (χ1) is 26.9. The number of rotatable bonds is 14. The summed E-state index contributed by atoms with van der Waals surface area (Å²) in [5, 5.41) is 12.5. The molecule has 290 valence electrons. The van der Waals surface area contributed by atoms with Gasteiger partial charge in [0.05, 0.1) is 0 Å². The predicted molar refractivity (Wildman–Crippen MR) is 215 cm³/mol. The van der Waals surface area contributed by atoms with Crippen LogP contribution in [0.5, 0.6) is 0 Å². The second kappa shape index (κ2) is 16.3. The second-order valence-electron chi connectivity index (χ2n) is 14.8. The Morgan fingerprint density at radius 3 is 2.04 bits per heavy atom. The Morgan fingerprint density at radius 2 is 1.50 bits per heavy atom. The zero-order valence-corrected chi connectivity index (χ0v) is 33.2. The van der Waals surface area contributed by atoms with Gasteiger partial charge in [-0.15, -0.1) is 23.1 Å². The lowest BCUT2D eigenvalue weighted by molar-refractivity contribution is -0.159. The SMILES string of the molecule is CC(=O)OCC1=C(C(=O)OC(C)(C)C)N2C(=O)[C@@H](NC(=O)/C(=N\OCC3CC3)c3csc(NC(c4ccccc4)(c4ccccc4)c4ccccc4)n3)[C@H]2SC1. The van der Waals surface area contributed by atoms with Crippen molar-refractivity contribution >= 4 is 57.7 Å². The maximum atomic E-state index is 14.1. The molecule has 4 aromatic rings. The number of oxime groups is 1.